The van der Waals surface area contributed by atoms with Gasteiger partial charge in [-0.3, -0.25) is 0 Å². The first-order valence-corrected chi connectivity index (χ1v) is 10.3. The van der Waals surface area contributed by atoms with Crippen LogP contribution in [0.2, 0.25) is 0 Å². The Bertz CT molecular complexity index is 328. The average molecular weight is 574 g/mol. The second-order valence-electron chi connectivity index (χ2n) is 3.78. The Kier molecular flexibility index (Phi) is 30.0. The molecule has 0 heterocycles. The van der Waals surface area contributed by atoms with Gasteiger partial charge < -0.3 is 15.3 Å². The maximum absolute atomic E-state index is 11.3. The zero-order chi connectivity index (χ0) is 22.7. The predicted octanol–water partition coefficient (Wildman–Crippen LogP) is 4.18. The summed E-state index contributed by atoms with van der Waals surface area (Å²) in [6.07, 6.45) is 0. The van der Waals surface area contributed by atoms with Crippen molar-refractivity contribution in [3.8, 4) is 0 Å². The number of halogens is 9. The Labute approximate surface area is 181 Å². The molecule has 1 aromatic rings. The Morgan fingerprint density at radius 2 is 0.821 bits per heavy atom. The Morgan fingerprint density at radius 1 is 0.643 bits per heavy atom. The first-order chi connectivity index (χ1) is 12.1. The van der Waals surface area contributed by atoms with E-state index in [1.807, 2.05) is 30.3 Å². The third kappa shape index (κ3) is 30.7. The minimum atomic E-state index is -7.10. The fourth-order valence-corrected chi connectivity index (χ4v) is 2.83. The van der Waals surface area contributed by atoms with Crippen molar-refractivity contribution < 1.29 is 81.0 Å². The van der Waals surface area contributed by atoms with Crippen molar-refractivity contribution in [3.05, 3.63) is 30.3 Å². The molecule has 1 aromatic carbocycles. The summed E-state index contributed by atoms with van der Waals surface area (Å²) in [7, 11) is 0. The minimum absolute atomic E-state index is 0. The van der Waals surface area contributed by atoms with Gasteiger partial charge in [0.2, 0.25) is 0 Å². The summed E-state index contributed by atoms with van der Waals surface area (Å²) in [6, 6.07) is 10.0. The van der Waals surface area contributed by atoms with E-state index in [0.717, 1.165) is 0 Å². The maximum Gasteiger partial charge on any atom is 0 e. The van der Waals surface area contributed by atoms with Crippen LogP contribution in [0.15, 0.2) is 30.3 Å². The van der Waals surface area contributed by atoms with Crippen LogP contribution in [0.3, 0.4) is 0 Å². The summed E-state index contributed by atoms with van der Waals surface area (Å²) in [4.78, 5) is 0. The Balaban J connectivity index is -0.0000000964. The van der Waals surface area contributed by atoms with Gasteiger partial charge in [0.15, 0.2) is 0 Å². The third-order valence-corrected chi connectivity index (χ3v) is 4.97. The number of hydrogen-bond acceptors (Lipinski definition) is 3. The van der Waals surface area contributed by atoms with Crippen molar-refractivity contribution in [1.82, 2.24) is 0 Å². The van der Waals surface area contributed by atoms with Crippen LogP contribution < -0.4 is 0 Å². The molecule has 0 amide bonds. The number of aliphatic hydroxyl groups excluding tert-OH is 3. The Hall–Kier alpha value is 0.0260. The predicted molar refractivity (Wildman–Crippen MR) is 84.2 cm³/mol. The van der Waals surface area contributed by atoms with E-state index in [4.69, 9.17) is 15.3 Å². The zero-order valence-electron chi connectivity index (χ0n) is 15.3. The van der Waals surface area contributed by atoms with E-state index in [1.165, 1.54) is 0 Å². The standard InChI is InChI=1S/C5H5.C3F9Ge.3C2H6O.Zr/c1-2-4-5-3-1;4-1(5,6)13(2(7,8)9)3(10,11)12;3*1-2-3;/h1-5H;;3*3H,2H2,1H3;/q-1;;;;;. The molecule has 3 nitrogen and oxygen atoms in total. The molecule has 0 saturated heterocycles. The fourth-order valence-electron chi connectivity index (χ4n) is 0.803. The molecule has 28 heavy (non-hydrogen) atoms. The summed E-state index contributed by atoms with van der Waals surface area (Å²) in [5, 5.41) is 4.11. The van der Waals surface area contributed by atoms with E-state index >= 15 is 0 Å². The van der Waals surface area contributed by atoms with Crippen LogP contribution >= 0.6 is 0 Å². The quantitative estimate of drug-likeness (QED) is 0.248. The van der Waals surface area contributed by atoms with Gasteiger partial charge in [0.25, 0.3) is 0 Å². The van der Waals surface area contributed by atoms with E-state index in [-0.39, 0.29) is 46.0 Å². The second-order valence-corrected chi connectivity index (χ2v) is 8.92. The van der Waals surface area contributed by atoms with Crippen LogP contribution in [0, 0.1) is 0 Å². The van der Waals surface area contributed by atoms with Gasteiger partial charge in [-0.25, -0.2) is 12.1 Å². The first kappa shape index (κ1) is 38.6. The number of alkyl halides is 9. The smallest absolute Gasteiger partial charge is 0 e. The van der Waals surface area contributed by atoms with Gasteiger partial charge in [-0.15, -0.1) is 0 Å². The largest absolute Gasteiger partial charge is 0.214 e. The minimum Gasteiger partial charge on any atom is -0.214 e. The molecule has 0 unspecified atom stereocenters. The Morgan fingerprint density at radius 3 is 0.857 bits per heavy atom. The molecule has 0 aliphatic carbocycles. The molecular formula is C14H23F9GeO3Zr-. The van der Waals surface area contributed by atoms with E-state index < -0.39 is 29.4 Å². The van der Waals surface area contributed by atoms with Crippen LogP contribution in [-0.2, 0) is 26.2 Å². The third-order valence-electron chi connectivity index (χ3n) is 1.41. The van der Waals surface area contributed by atoms with Gasteiger partial charge in [0.1, 0.15) is 0 Å². The number of aliphatic hydroxyl groups is 3. The van der Waals surface area contributed by atoms with Crippen molar-refractivity contribution in [2.75, 3.05) is 19.8 Å². The summed E-state index contributed by atoms with van der Waals surface area (Å²) < 4.78 is 102. The number of hydrogen-bond donors (Lipinski definition) is 3. The van der Waals surface area contributed by atoms with Crippen molar-refractivity contribution in [1.29, 1.82) is 0 Å². The molecule has 1 rings (SSSR count). The molecule has 0 saturated carbocycles. The van der Waals surface area contributed by atoms with Crippen LogP contribution in [0.4, 0.5) is 39.5 Å². The molecule has 0 aromatic heterocycles. The molecule has 1 radical (unpaired) electrons. The zero-order valence-corrected chi connectivity index (χ0v) is 19.8. The molecule has 0 bridgehead atoms. The topological polar surface area (TPSA) is 60.7 Å². The van der Waals surface area contributed by atoms with Gasteiger partial charge in [-0.2, -0.15) is 18.2 Å². The molecule has 3 N–H and O–H groups in total. The maximum atomic E-state index is 11.3. The molecule has 0 fully saturated rings. The van der Waals surface area contributed by atoms with E-state index in [9.17, 15) is 39.5 Å². The summed E-state index contributed by atoms with van der Waals surface area (Å²) in [5.74, 6) is 0. The van der Waals surface area contributed by atoms with Crippen molar-refractivity contribution in [3.63, 3.8) is 0 Å². The number of rotatable bonds is 0. The van der Waals surface area contributed by atoms with E-state index in [0.29, 0.717) is 0 Å². The van der Waals surface area contributed by atoms with Crippen molar-refractivity contribution in [2.24, 2.45) is 0 Å². The van der Waals surface area contributed by atoms with Gasteiger partial charge in [0, 0.05) is 46.0 Å². The van der Waals surface area contributed by atoms with Crippen molar-refractivity contribution >= 4 is 14.3 Å². The molecular weight excluding hydrogens is 551 g/mol. The van der Waals surface area contributed by atoms with Crippen LogP contribution in [0.1, 0.15) is 20.8 Å². The normalized spacial score (nSPS) is 10.4. The van der Waals surface area contributed by atoms with E-state index in [2.05, 4.69) is 0 Å². The van der Waals surface area contributed by atoms with Gasteiger partial charge in [-0.05, 0) is 20.8 Å². The van der Waals surface area contributed by atoms with Crippen LogP contribution in [0.5, 0.6) is 0 Å². The average Bonchev–Trinajstić information content (AvgIpc) is 2.94. The molecule has 0 atom stereocenters. The molecule has 0 spiro atoms. The molecule has 14 heteroatoms. The summed E-state index contributed by atoms with van der Waals surface area (Å²) >= 11 is -7.10. The van der Waals surface area contributed by atoms with Gasteiger partial charge >= 0.3 is 68.9 Å². The van der Waals surface area contributed by atoms with Crippen molar-refractivity contribution in [2.45, 2.75) is 35.8 Å². The van der Waals surface area contributed by atoms with Gasteiger partial charge in [0.05, 0.1) is 0 Å². The summed E-state index contributed by atoms with van der Waals surface area (Å²) in [6.45, 7) is 5.79. The monoisotopic (exact) mass is 574 g/mol. The molecule has 0 aliphatic rings. The fraction of sp³-hybridized carbons (Fsp3) is 0.643. The molecule has 169 valence electrons. The molecule has 0 aliphatic heterocycles. The SMILES string of the molecule is CCO.CCO.CCO.F[C](F)(F)[Ge]([C](F)(F)F)[C](F)(F)F.[Zr].c1cc[cH-]c1. The van der Waals surface area contributed by atoms with Crippen LogP contribution in [-0.4, -0.2) is 64.5 Å². The second kappa shape index (κ2) is 21.7. The van der Waals surface area contributed by atoms with Crippen LogP contribution in [0.25, 0.3) is 0 Å². The van der Waals surface area contributed by atoms with Gasteiger partial charge in [-0.1, -0.05) is 0 Å². The summed E-state index contributed by atoms with van der Waals surface area (Å²) in [5.41, 5.74) is 0. The van der Waals surface area contributed by atoms with E-state index in [1.54, 1.807) is 20.8 Å². The first-order valence-electron chi connectivity index (χ1n) is 7.19.